The summed E-state index contributed by atoms with van der Waals surface area (Å²) in [6, 6.07) is 6.80. The van der Waals surface area contributed by atoms with E-state index in [0.29, 0.717) is 18.2 Å². The summed E-state index contributed by atoms with van der Waals surface area (Å²) < 4.78 is 30.9. The van der Waals surface area contributed by atoms with Crippen LogP contribution in [0.3, 0.4) is 0 Å². The maximum Gasteiger partial charge on any atom is 0.215 e. The van der Waals surface area contributed by atoms with Gasteiger partial charge >= 0.3 is 0 Å². The molecule has 6 heteroatoms. The quantitative estimate of drug-likeness (QED) is 0.747. The highest BCUT2D eigenvalue weighted by molar-refractivity contribution is 7.88. The van der Waals surface area contributed by atoms with E-state index in [4.69, 9.17) is 16.3 Å². The Bertz CT molecular complexity index is 445. The van der Waals surface area contributed by atoms with E-state index in [9.17, 15) is 8.42 Å². The number of unbranched alkanes of at least 4 members (excludes halogenated alkanes) is 1. The molecule has 0 unspecified atom stereocenters. The van der Waals surface area contributed by atoms with Crippen LogP contribution in [0.25, 0.3) is 0 Å². The molecule has 4 nitrogen and oxygen atoms in total. The maximum atomic E-state index is 11.7. The topological polar surface area (TPSA) is 55.4 Å². The van der Waals surface area contributed by atoms with Gasteiger partial charge in [-0.2, -0.15) is 0 Å². The SMILES string of the molecule is COCCCCNS(=O)(=O)Cc1ccc(Cl)cc1. The molecule has 0 amide bonds. The van der Waals surface area contributed by atoms with E-state index in [1.54, 1.807) is 31.4 Å². The number of halogens is 1. The van der Waals surface area contributed by atoms with Crippen molar-refractivity contribution in [3.05, 3.63) is 34.9 Å². The number of hydrogen-bond donors (Lipinski definition) is 1. The molecule has 18 heavy (non-hydrogen) atoms. The molecule has 0 heterocycles. The van der Waals surface area contributed by atoms with Crippen molar-refractivity contribution >= 4 is 21.6 Å². The highest BCUT2D eigenvalue weighted by Gasteiger charge is 2.10. The van der Waals surface area contributed by atoms with Crippen molar-refractivity contribution in [3.8, 4) is 0 Å². The largest absolute Gasteiger partial charge is 0.385 e. The molecule has 0 saturated carbocycles. The number of nitrogens with one attached hydrogen (secondary N) is 1. The van der Waals surface area contributed by atoms with E-state index in [1.165, 1.54) is 0 Å². The van der Waals surface area contributed by atoms with Gasteiger partial charge in [0.1, 0.15) is 0 Å². The molecule has 0 aliphatic heterocycles. The number of hydrogen-bond acceptors (Lipinski definition) is 3. The minimum absolute atomic E-state index is 0.0194. The van der Waals surface area contributed by atoms with Crippen LogP contribution in [0.15, 0.2) is 24.3 Å². The van der Waals surface area contributed by atoms with Gasteiger partial charge in [-0.05, 0) is 30.5 Å². The van der Waals surface area contributed by atoms with Crippen LogP contribution in [0.4, 0.5) is 0 Å². The lowest BCUT2D eigenvalue weighted by molar-refractivity contribution is 0.193. The summed E-state index contributed by atoms with van der Waals surface area (Å²) in [6.07, 6.45) is 1.62. The number of sulfonamides is 1. The van der Waals surface area contributed by atoms with Crippen molar-refractivity contribution in [2.75, 3.05) is 20.3 Å². The Morgan fingerprint density at radius 1 is 1.22 bits per heavy atom. The van der Waals surface area contributed by atoms with Gasteiger partial charge in [0, 0.05) is 25.3 Å². The zero-order valence-electron chi connectivity index (χ0n) is 10.4. The third-order valence-electron chi connectivity index (χ3n) is 2.37. The molecule has 0 aliphatic rings. The van der Waals surface area contributed by atoms with Crippen molar-refractivity contribution in [2.45, 2.75) is 18.6 Å². The molecule has 1 N–H and O–H groups in total. The Labute approximate surface area is 113 Å². The monoisotopic (exact) mass is 291 g/mol. The Morgan fingerprint density at radius 2 is 1.89 bits per heavy atom. The third kappa shape index (κ3) is 6.35. The van der Waals surface area contributed by atoms with E-state index in [0.717, 1.165) is 18.4 Å². The van der Waals surface area contributed by atoms with Gasteiger partial charge in [0.25, 0.3) is 0 Å². The molecule has 0 aliphatic carbocycles. The number of benzene rings is 1. The summed E-state index contributed by atoms with van der Waals surface area (Å²) in [4.78, 5) is 0. The first kappa shape index (κ1) is 15.4. The summed E-state index contributed by atoms with van der Waals surface area (Å²) in [5, 5.41) is 0.601. The first-order valence-corrected chi connectivity index (χ1v) is 7.77. The van der Waals surface area contributed by atoms with Gasteiger partial charge in [-0.1, -0.05) is 23.7 Å². The van der Waals surface area contributed by atoms with E-state index in [2.05, 4.69) is 4.72 Å². The zero-order chi connectivity index (χ0) is 13.4. The van der Waals surface area contributed by atoms with Crippen LogP contribution >= 0.6 is 11.6 Å². The molecule has 0 radical (unpaired) electrons. The number of methoxy groups -OCH3 is 1. The molecule has 0 spiro atoms. The molecule has 0 atom stereocenters. The standard InChI is InChI=1S/C12H18ClNO3S/c1-17-9-3-2-8-14-18(15,16)10-11-4-6-12(13)7-5-11/h4-7,14H,2-3,8-10H2,1H3. The van der Waals surface area contributed by atoms with Crippen molar-refractivity contribution in [2.24, 2.45) is 0 Å². The van der Waals surface area contributed by atoms with E-state index >= 15 is 0 Å². The Kier molecular flexibility index (Phi) is 6.63. The highest BCUT2D eigenvalue weighted by Crippen LogP contribution is 2.11. The van der Waals surface area contributed by atoms with Gasteiger partial charge in [-0.15, -0.1) is 0 Å². The molecule has 1 aromatic carbocycles. The first-order chi connectivity index (χ1) is 8.53. The van der Waals surface area contributed by atoms with Crippen LogP contribution in [-0.4, -0.2) is 28.7 Å². The van der Waals surface area contributed by atoms with Crippen LogP contribution < -0.4 is 4.72 Å². The molecule has 0 saturated heterocycles. The predicted molar refractivity (Wildman–Crippen MR) is 73.2 cm³/mol. The molecule has 0 bridgehead atoms. The van der Waals surface area contributed by atoms with Gasteiger partial charge in [-0.25, -0.2) is 13.1 Å². The fraction of sp³-hybridized carbons (Fsp3) is 0.500. The second-order valence-electron chi connectivity index (χ2n) is 3.98. The second kappa shape index (κ2) is 7.74. The second-order valence-corrected chi connectivity index (χ2v) is 6.22. The van der Waals surface area contributed by atoms with Crippen molar-refractivity contribution in [3.63, 3.8) is 0 Å². The fourth-order valence-corrected chi connectivity index (χ4v) is 2.76. The van der Waals surface area contributed by atoms with E-state index in [-0.39, 0.29) is 5.75 Å². The van der Waals surface area contributed by atoms with Crippen LogP contribution in [0.5, 0.6) is 0 Å². The minimum Gasteiger partial charge on any atom is -0.385 e. The normalized spacial score (nSPS) is 11.7. The first-order valence-electron chi connectivity index (χ1n) is 5.74. The number of ether oxygens (including phenoxy) is 1. The zero-order valence-corrected chi connectivity index (χ0v) is 11.9. The van der Waals surface area contributed by atoms with Crippen LogP contribution in [-0.2, 0) is 20.5 Å². The summed E-state index contributed by atoms with van der Waals surface area (Å²) in [6.45, 7) is 1.10. The Balaban J connectivity index is 2.37. The van der Waals surface area contributed by atoms with Crippen LogP contribution in [0.1, 0.15) is 18.4 Å². The van der Waals surface area contributed by atoms with Gasteiger partial charge in [0.05, 0.1) is 5.75 Å². The fourth-order valence-electron chi connectivity index (χ4n) is 1.45. The molecular formula is C12H18ClNO3S. The molecule has 1 aromatic rings. The van der Waals surface area contributed by atoms with Crippen LogP contribution in [0, 0.1) is 0 Å². The van der Waals surface area contributed by atoms with Crippen molar-refractivity contribution < 1.29 is 13.2 Å². The smallest absolute Gasteiger partial charge is 0.215 e. The summed E-state index contributed by atoms with van der Waals surface area (Å²) in [7, 11) is -1.64. The lowest BCUT2D eigenvalue weighted by Crippen LogP contribution is -2.26. The lowest BCUT2D eigenvalue weighted by Gasteiger charge is -2.06. The summed E-state index contributed by atoms with van der Waals surface area (Å²) in [5.74, 6) is -0.0194. The van der Waals surface area contributed by atoms with Crippen molar-refractivity contribution in [1.82, 2.24) is 4.72 Å². The molecule has 0 fully saturated rings. The summed E-state index contributed by atoms with van der Waals surface area (Å²) in [5.41, 5.74) is 0.726. The molecular weight excluding hydrogens is 274 g/mol. The van der Waals surface area contributed by atoms with Crippen LogP contribution in [0.2, 0.25) is 5.02 Å². The van der Waals surface area contributed by atoms with Crippen molar-refractivity contribution in [1.29, 1.82) is 0 Å². The average molecular weight is 292 g/mol. The summed E-state index contributed by atoms with van der Waals surface area (Å²) >= 11 is 5.74. The average Bonchev–Trinajstić information content (AvgIpc) is 2.31. The Hall–Kier alpha value is -0.620. The maximum absolute atomic E-state index is 11.7. The lowest BCUT2D eigenvalue weighted by atomic mass is 10.2. The van der Waals surface area contributed by atoms with E-state index in [1.807, 2.05) is 0 Å². The van der Waals surface area contributed by atoms with Gasteiger partial charge in [-0.3, -0.25) is 0 Å². The molecule has 102 valence electrons. The van der Waals surface area contributed by atoms with Gasteiger partial charge in [0.2, 0.25) is 10.0 Å². The number of rotatable bonds is 8. The third-order valence-corrected chi connectivity index (χ3v) is 3.98. The van der Waals surface area contributed by atoms with Gasteiger partial charge < -0.3 is 4.74 Å². The van der Waals surface area contributed by atoms with Gasteiger partial charge in [0.15, 0.2) is 0 Å². The predicted octanol–water partition coefficient (Wildman–Crippen LogP) is 2.19. The van der Waals surface area contributed by atoms with E-state index < -0.39 is 10.0 Å². The minimum atomic E-state index is -3.27. The molecule has 0 aromatic heterocycles. The highest BCUT2D eigenvalue weighted by atomic mass is 35.5. The molecule has 1 rings (SSSR count). The Morgan fingerprint density at radius 3 is 2.50 bits per heavy atom.